The minimum Gasteiger partial charge on any atom is -0.497 e. The van der Waals surface area contributed by atoms with Crippen molar-refractivity contribution in [3.05, 3.63) is 52.6 Å². The molecule has 0 radical (unpaired) electrons. The molecule has 2 rings (SSSR count). The number of rotatable bonds is 6. The van der Waals surface area contributed by atoms with E-state index in [4.69, 9.17) is 9.47 Å². The summed E-state index contributed by atoms with van der Waals surface area (Å²) in [6.07, 6.45) is 0. The van der Waals surface area contributed by atoms with Crippen molar-refractivity contribution in [1.82, 2.24) is 4.72 Å². The molecule has 0 heterocycles. The summed E-state index contributed by atoms with van der Waals surface area (Å²) in [6, 6.07) is 9.02. The predicted molar refractivity (Wildman–Crippen MR) is 94.2 cm³/mol. The van der Waals surface area contributed by atoms with E-state index in [1.165, 1.54) is 0 Å². The summed E-state index contributed by atoms with van der Waals surface area (Å²) in [7, 11) is -0.514. The lowest BCUT2D eigenvalue weighted by atomic mass is 10.1. The number of sulfonamides is 1. The predicted octanol–water partition coefficient (Wildman–Crippen LogP) is 3.11. The van der Waals surface area contributed by atoms with E-state index in [0.29, 0.717) is 22.0 Å². The van der Waals surface area contributed by atoms with Crippen molar-refractivity contribution in [3.63, 3.8) is 0 Å². The fraction of sp³-hybridized carbons (Fsp3) is 0.333. The molecule has 0 aromatic heterocycles. The first-order valence-corrected chi connectivity index (χ1v) is 9.05. The number of ether oxygens (including phenoxy) is 2. The monoisotopic (exact) mass is 349 g/mol. The van der Waals surface area contributed by atoms with Gasteiger partial charge in [0.05, 0.1) is 19.1 Å². The lowest BCUT2D eigenvalue weighted by molar-refractivity contribution is 0.398. The molecule has 2 aromatic carbocycles. The van der Waals surface area contributed by atoms with Gasteiger partial charge in [0.2, 0.25) is 10.0 Å². The van der Waals surface area contributed by atoms with Crippen LogP contribution in [0, 0.1) is 20.8 Å². The van der Waals surface area contributed by atoms with Crippen LogP contribution in [0.2, 0.25) is 0 Å². The summed E-state index contributed by atoms with van der Waals surface area (Å²) in [5.74, 6) is 1.25. The summed E-state index contributed by atoms with van der Waals surface area (Å²) in [5, 5.41) is 0. The Morgan fingerprint density at radius 1 is 0.958 bits per heavy atom. The van der Waals surface area contributed by atoms with Crippen molar-refractivity contribution < 1.29 is 17.9 Å². The average Bonchev–Trinajstić information content (AvgIpc) is 2.51. The Morgan fingerprint density at radius 2 is 1.58 bits per heavy atom. The first-order chi connectivity index (χ1) is 11.3. The maximum absolute atomic E-state index is 12.7. The van der Waals surface area contributed by atoms with Gasteiger partial charge in [0.1, 0.15) is 11.5 Å². The lowest BCUT2D eigenvalue weighted by Crippen LogP contribution is -2.25. The van der Waals surface area contributed by atoms with Gasteiger partial charge in [0.15, 0.2) is 0 Å². The van der Waals surface area contributed by atoms with Crippen LogP contribution in [0.25, 0.3) is 0 Å². The van der Waals surface area contributed by atoms with Crippen LogP contribution in [-0.2, 0) is 16.6 Å². The first kappa shape index (κ1) is 18.3. The standard InChI is InChI=1S/C18H23NO4S/c1-12-8-13(2)18(14(3)9-12)24(20,21)19-11-15-10-16(22-4)6-7-17(15)23-5/h6-10,19H,11H2,1-5H3. The summed E-state index contributed by atoms with van der Waals surface area (Å²) in [6.45, 7) is 5.68. The van der Waals surface area contributed by atoms with Crippen LogP contribution >= 0.6 is 0 Å². The smallest absolute Gasteiger partial charge is 0.241 e. The second kappa shape index (κ2) is 7.23. The van der Waals surface area contributed by atoms with Gasteiger partial charge in [0, 0.05) is 12.1 Å². The van der Waals surface area contributed by atoms with Gasteiger partial charge in [-0.05, 0) is 50.1 Å². The second-order valence-electron chi connectivity index (χ2n) is 5.73. The fourth-order valence-electron chi connectivity index (χ4n) is 2.86. The third-order valence-electron chi connectivity index (χ3n) is 3.81. The van der Waals surface area contributed by atoms with E-state index >= 15 is 0 Å². The molecule has 24 heavy (non-hydrogen) atoms. The summed E-state index contributed by atoms with van der Waals surface area (Å²) in [4.78, 5) is 0.329. The Kier molecular flexibility index (Phi) is 5.51. The molecule has 0 fully saturated rings. The molecule has 0 aliphatic carbocycles. The SMILES string of the molecule is COc1ccc(OC)c(CNS(=O)(=O)c2c(C)cc(C)cc2C)c1. The van der Waals surface area contributed by atoms with Crippen molar-refractivity contribution in [2.45, 2.75) is 32.2 Å². The van der Waals surface area contributed by atoms with Crippen molar-refractivity contribution in [2.75, 3.05) is 14.2 Å². The van der Waals surface area contributed by atoms with Gasteiger partial charge in [-0.25, -0.2) is 13.1 Å². The maximum Gasteiger partial charge on any atom is 0.241 e. The number of hydrogen-bond acceptors (Lipinski definition) is 4. The highest BCUT2D eigenvalue weighted by Gasteiger charge is 2.20. The Balaban J connectivity index is 2.32. The maximum atomic E-state index is 12.7. The molecule has 0 saturated carbocycles. The van der Waals surface area contributed by atoms with Gasteiger partial charge in [-0.2, -0.15) is 0 Å². The van der Waals surface area contributed by atoms with Crippen LogP contribution in [0.4, 0.5) is 0 Å². The van der Waals surface area contributed by atoms with Crippen molar-refractivity contribution >= 4 is 10.0 Å². The van der Waals surface area contributed by atoms with Crippen LogP contribution in [-0.4, -0.2) is 22.6 Å². The van der Waals surface area contributed by atoms with E-state index in [9.17, 15) is 8.42 Å². The van der Waals surface area contributed by atoms with Crippen molar-refractivity contribution in [2.24, 2.45) is 0 Å². The van der Waals surface area contributed by atoms with Crippen LogP contribution in [0.5, 0.6) is 11.5 Å². The highest BCUT2D eigenvalue weighted by molar-refractivity contribution is 7.89. The van der Waals surface area contributed by atoms with E-state index in [1.807, 2.05) is 19.1 Å². The van der Waals surface area contributed by atoms with Crippen LogP contribution in [0.1, 0.15) is 22.3 Å². The molecule has 0 saturated heterocycles. The fourth-order valence-corrected chi connectivity index (χ4v) is 4.31. The number of benzene rings is 2. The van der Waals surface area contributed by atoms with E-state index in [1.54, 1.807) is 46.3 Å². The van der Waals surface area contributed by atoms with E-state index in [-0.39, 0.29) is 6.54 Å². The third-order valence-corrected chi connectivity index (χ3v) is 5.52. The molecule has 5 nitrogen and oxygen atoms in total. The molecular weight excluding hydrogens is 326 g/mol. The van der Waals surface area contributed by atoms with Crippen LogP contribution < -0.4 is 14.2 Å². The second-order valence-corrected chi connectivity index (χ2v) is 7.43. The number of hydrogen-bond donors (Lipinski definition) is 1. The molecule has 0 atom stereocenters. The number of methoxy groups -OCH3 is 2. The average molecular weight is 349 g/mol. The molecule has 0 aliphatic rings. The molecule has 130 valence electrons. The molecule has 0 aliphatic heterocycles. The van der Waals surface area contributed by atoms with Crippen LogP contribution in [0.3, 0.4) is 0 Å². The number of aryl methyl sites for hydroxylation is 3. The van der Waals surface area contributed by atoms with Gasteiger partial charge in [-0.3, -0.25) is 0 Å². The molecule has 0 spiro atoms. The quantitative estimate of drug-likeness (QED) is 0.870. The molecule has 6 heteroatoms. The summed E-state index contributed by atoms with van der Waals surface area (Å²) < 4.78 is 38.6. The zero-order valence-electron chi connectivity index (χ0n) is 14.6. The van der Waals surface area contributed by atoms with Gasteiger partial charge >= 0.3 is 0 Å². The minimum atomic E-state index is -3.63. The molecular formula is C18H23NO4S. The van der Waals surface area contributed by atoms with Gasteiger partial charge in [-0.1, -0.05) is 17.7 Å². The van der Waals surface area contributed by atoms with E-state index in [0.717, 1.165) is 16.7 Å². The number of nitrogens with one attached hydrogen (secondary N) is 1. The van der Waals surface area contributed by atoms with Crippen LogP contribution in [0.15, 0.2) is 35.2 Å². The Hall–Kier alpha value is -2.05. The molecule has 1 N–H and O–H groups in total. The highest BCUT2D eigenvalue weighted by atomic mass is 32.2. The molecule has 0 amide bonds. The van der Waals surface area contributed by atoms with Gasteiger partial charge < -0.3 is 9.47 Å². The Morgan fingerprint density at radius 3 is 2.12 bits per heavy atom. The van der Waals surface area contributed by atoms with E-state index in [2.05, 4.69) is 4.72 Å². The molecule has 2 aromatic rings. The largest absolute Gasteiger partial charge is 0.497 e. The zero-order chi connectivity index (χ0) is 17.9. The van der Waals surface area contributed by atoms with Gasteiger partial charge in [0.25, 0.3) is 0 Å². The topological polar surface area (TPSA) is 64.6 Å². The van der Waals surface area contributed by atoms with Crippen molar-refractivity contribution in [1.29, 1.82) is 0 Å². The molecule has 0 bridgehead atoms. The normalized spacial score (nSPS) is 11.4. The van der Waals surface area contributed by atoms with E-state index < -0.39 is 10.0 Å². The molecule has 0 unspecified atom stereocenters. The minimum absolute atomic E-state index is 0.120. The lowest BCUT2D eigenvalue weighted by Gasteiger charge is -2.15. The first-order valence-electron chi connectivity index (χ1n) is 7.57. The van der Waals surface area contributed by atoms with Gasteiger partial charge in [-0.15, -0.1) is 0 Å². The van der Waals surface area contributed by atoms with Crippen molar-refractivity contribution in [3.8, 4) is 11.5 Å². The zero-order valence-corrected chi connectivity index (χ0v) is 15.5. The Labute approximate surface area is 143 Å². The highest BCUT2D eigenvalue weighted by Crippen LogP contribution is 2.25. The summed E-state index contributed by atoms with van der Waals surface area (Å²) >= 11 is 0. The third kappa shape index (κ3) is 3.88. The Bertz CT molecular complexity index is 821. The summed E-state index contributed by atoms with van der Waals surface area (Å²) in [5.41, 5.74) is 3.22.